The molecule has 0 bridgehead atoms. The zero-order valence-electron chi connectivity index (χ0n) is 12.1. The third-order valence-electron chi connectivity index (χ3n) is 4.08. The van der Waals surface area contributed by atoms with E-state index in [9.17, 15) is 13.2 Å². The first kappa shape index (κ1) is 14.0. The van der Waals surface area contributed by atoms with Crippen LogP contribution < -0.4 is 4.90 Å². The molecule has 0 saturated heterocycles. The number of hydrogen-bond acceptors (Lipinski definition) is 3. The largest absolute Gasteiger partial charge is 0.434 e. The Morgan fingerprint density at radius 1 is 1.09 bits per heavy atom. The molecule has 23 heavy (non-hydrogen) atoms. The molecule has 0 radical (unpaired) electrons. The Labute approximate surface area is 130 Å². The number of halogens is 3. The second-order valence-corrected chi connectivity index (χ2v) is 5.55. The Bertz CT molecular complexity index is 869. The number of aromatic nitrogens is 3. The second-order valence-electron chi connectivity index (χ2n) is 5.55. The van der Waals surface area contributed by atoms with Gasteiger partial charge in [0, 0.05) is 31.7 Å². The van der Waals surface area contributed by atoms with Crippen molar-refractivity contribution in [3.8, 4) is 0 Å². The first-order valence-electron chi connectivity index (χ1n) is 7.25. The van der Waals surface area contributed by atoms with Crippen molar-refractivity contribution in [2.45, 2.75) is 19.1 Å². The first-order valence-corrected chi connectivity index (χ1v) is 7.25. The number of rotatable bonds is 1. The minimum Gasteiger partial charge on any atom is -0.349 e. The number of benzene rings is 1. The normalized spacial score (nSPS) is 15.0. The molecule has 4 rings (SSSR count). The Morgan fingerprint density at radius 3 is 2.65 bits per heavy atom. The molecular weight excluding hydrogens is 305 g/mol. The molecule has 4 nitrogen and oxygen atoms in total. The number of nitrogens with zero attached hydrogens (tertiary/aromatic N) is 4. The van der Waals surface area contributed by atoms with Gasteiger partial charge in [0.05, 0.1) is 0 Å². The van der Waals surface area contributed by atoms with Gasteiger partial charge in [0.1, 0.15) is 0 Å². The van der Waals surface area contributed by atoms with Crippen molar-refractivity contribution in [3.05, 3.63) is 59.7 Å². The molecule has 2 aromatic heterocycles. The van der Waals surface area contributed by atoms with Gasteiger partial charge >= 0.3 is 6.18 Å². The summed E-state index contributed by atoms with van der Waals surface area (Å²) < 4.78 is 40.0. The standard InChI is InChI=1S/C16H13F3N4/c17-16(18,19)13-10-23-8-6-20-14(15(23)21-13)22-7-5-11-3-1-2-4-12(11)9-22/h1-4,6,8,10H,5,7,9H2. The van der Waals surface area contributed by atoms with Crippen LogP contribution in [0.4, 0.5) is 19.0 Å². The lowest BCUT2D eigenvalue weighted by Crippen LogP contribution is -2.31. The van der Waals surface area contributed by atoms with Crippen LogP contribution in [-0.2, 0) is 19.1 Å². The first-order chi connectivity index (χ1) is 11.0. The van der Waals surface area contributed by atoms with Crippen LogP contribution >= 0.6 is 0 Å². The summed E-state index contributed by atoms with van der Waals surface area (Å²) in [5.74, 6) is 0.484. The molecule has 0 saturated carbocycles. The van der Waals surface area contributed by atoms with E-state index in [1.54, 1.807) is 0 Å². The molecule has 0 atom stereocenters. The van der Waals surface area contributed by atoms with Crippen molar-refractivity contribution in [3.63, 3.8) is 0 Å². The fourth-order valence-corrected chi connectivity index (χ4v) is 2.94. The molecule has 0 spiro atoms. The van der Waals surface area contributed by atoms with E-state index >= 15 is 0 Å². The molecule has 0 aliphatic carbocycles. The van der Waals surface area contributed by atoms with Gasteiger partial charge in [-0.3, -0.25) is 0 Å². The van der Waals surface area contributed by atoms with Crippen LogP contribution in [0.25, 0.3) is 5.65 Å². The minimum atomic E-state index is -4.46. The van der Waals surface area contributed by atoms with Gasteiger partial charge in [-0.05, 0) is 17.5 Å². The molecule has 1 aliphatic heterocycles. The lowest BCUT2D eigenvalue weighted by atomic mass is 10.00. The van der Waals surface area contributed by atoms with Gasteiger partial charge in [-0.1, -0.05) is 24.3 Å². The molecule has 0 fully saturated rings. The van der Waals surface area contributed by atoms with E-state index in [1.165, 1.54) is 27.9 Å². The molecule has 1 aromatic carbocycles. The van der Waals surface area contributed by atoms with Crippen molar-refractivity contribution >= 4 is 11.5 Å². The summed E-state index contributed by atoms with van der Waals surface area (Å²) in [6.45, 7) is 1.33. The molecule has 7 heteroatoms. The third-order valence-corrected chi connectivity index (χ3v) is 4.08. The van der Waals surface area contributed by atoms with Gasteiger partial charge in [0.2, 0.25) is 0 Å². The number of alkyl halides is 3. The highest BCUT2D eigenvalue weighted by Crippen LogP contribution is 2.31. The van der Waals surface area contributed by atoms with E-state index in [1.807, 2.05) is 23.1 Å². The zero-order valence-corrected chi connectivity index (χ0v) is 12.1. The van der Waals surface area contributed by atoms with Gasteiger partial charge in [0.15, 0.2) is 17.2 Å². The maximum Gasteiger partial charge on any atom is 0.434 e. The van der Waals surface area contributed by atoms with Crippen LogP contribution in [-0.4, -0.2) is 20.9 Å². The highest BCUT2D eigenvalue weighted by molar-refractivity contribution is 5.65. The van der Waals surface area contributed by atoms with E-state index in [2.05, 4.69) is 16.0 Å². The summed E-state index contributed by atoms with van der Waals surface area (Å²) in [6, 6.07) is 8.08. The Morgan fingerprint density at radius 2 is 1.87 bits per heavy atom. The van der Waals surface area contributed by atoms with Crippen LogP contribution in [0.5, 0.6) is 0 Å². The maximum absolute atomic E-state index is 12.9. The maximum atomic E-state index is 12.9. The SMILES string of the molecule is FC(F)(F)c1cn2ccnc(N3CCc4ccccc4C3)c2n1. The zero-order chi connectivity index (χ0) is 16.0. The van der Waals surface area contributed by atoms with Crippen molar-refractivity contribution in [2.75, 3.05) is 11.4 Å². The van der Waals surface area contributed by atoms with Gasteiger partial charge in [-0.25, -0.2) is 9.97 Å². The fourth-order valence-electron chi connectivity index (χ4n) is 2.94. The molecule has 0 N–H and O–H groups in total. The van der Waals surface area contributed by atoms with Crippen molar-refractivity contribution in [1.29, 1.82) is 0 Å². The lowest BCUT2D eigenvalue weighted by Gasteiger charge is -2.29. The minimum absolute atomic E-state index is 0.235. The summed E-state index contributed by atoms with van der Waals surface area (Å²) in [5.41, 5.74) is 1.78. The molecule has 3 heterocycles. The van der Waals surface area contributed by atoms with Crippen LogP contribution in [0.2, 0.25) is 0 Å². The highest BCUT2D eigenvalue weighted by atomic mass is 19.4. The molecule has 0 unspecified atom stereocenters. The Balaban J connectivity index is 1.76. The van der Waals surface area contributed by atoms with E-state index in [4.69, 9.17) is 0 Å². The smallest absolute Gasteiger partial charge is 0.349 e. The van der Waals surface area contributed by atoms with Crippen molar-refractivity contribution in [1.82, 2.24) is 14.4 Å². The highest BCUT2D eigenvalue weighted by Gasteiger charge is 2.34. The van der Waals surface area contributed by atoms with Gasteiger partial charge in [-0.15, -0.1) is 0 Å². The van der Waals surface area contributed by atoms with Crippen molar-refractivity contribution < 1.29 is 13.2 Å². The van der Waals surface area contributed by atoms with Crippen LogP contribution in [0, 0.1) is 0 Å². The number of fused-ring (bicyclic) bond motifs is 2. The van der Waals surface area contributed by atoms with Crippen LogP contribution in [0.15, 0.2) is 42.9 Å². The lowest BCUT2D eigenvalue weighted by molar-refractivity contribution is -0.140. The predicted molar refractivity (Wildman–Crippen MR) is 79.2 cm³/mol. The number of hydrogen-bond donors (Lipinski definition) is 0. The van der Waals surface area contributed by atoms with Gasteiger partial charge in [0.25, 0.3) is 0 Å². The summed E-state index contributed by atoms with van der Waals surface area (Å²) in [7, 11) is 0. The second kappa shape index (κ2) is 4.97. The quantitative estimate of drug-likeness (QED) is 0.690. The summed E-state index contributed by atoms with van der Waals surface area (Å²) >= 11 is 0. The summed E-state index contributed by atoms with van der Waals surface area (Å²) in [4.78, 5) is 10.0. The molecular formula is C16H13F3N4. The van der Waals surface area contributed by atoms with Crippen LogP contribution in [0.1, 0.15) is 16.8 Å². The third kappa shape index (κ3) is 2.42. The average Bonchev–Trinajstić information content (AvgIpc) is 2.99. The van der Waals surface area contributed by atoms with Crippen LogP contribution in [0.3, 0.4) is 0 Å². The summed E-state index contributed by atoms with van der Waals surface area (Å²) in [5, 5.41) is 0. The van der Waals surface area contributed by atoms with E-state index in [-0.39, 0.29) is 5.65 Å². The topological polar surface area (TPSA) is 33.4 Å². The molecule has 3 aromatic rings. The Kier molecular flexibility index (Phi) is 3.04. The van der Waals surface area contributed by atoms with E-state index in [0.717, 1.165) is 12.6 Å². The number of imidazole rings is 1. The van der Waals surface area contributed by atoms with Crippen molar-refractivity contribution in [2.24, 2.45) is 0 Å². The molecule has 118 valence electrons. The monoisotopic (exact) mass is 318 g/mol. The predicted octanol–water partition coefficient (Wildman–Crippen LogP) is 3.31. The van der Waals surface area contributed by atoms with Gasteiger partial charge in [-0.2, -0.15) is 13.2 Å². The van der Waals surface area contributed by atoms with E-state index < -0.39 is 11.9 Å². The van der Waals surface area contributed by atoms with Gasteiger partial charge < -0.3 is 9.30 Å². The fraction of sp³-hybridized carbons (Fsp3) is 0.250. The van der Waals surface area contributed by atoms with E-state index in [0.29, 0.717) is 18.9 Å². The molecule has 1 aliphatic rings. The number of anilines is 1. The summed E-state index contributed by atoms with van der Waals surface area (Å²) in [6.07, 6.45) is 0.367. The average molecular weight is 318 g/mol. The molecule has 0 amide bonds. The Hall–Kier alpha value is -2.57.